The molecule has 150 valence electrons. The van der Waals surface area contributed by atoms with Crippen molar-refractivity contribution in [3.05, 3.63) is 69.8 Å². The van der Waals surface area contributed by atoms with Crippen LogP contribution < -0.4 is 10.1 Å². The summed E-state index contributed by atoms with van der Waals surface area (Å²) in [6.07, 6.45) is 0. The van der Waals surface area contributed by atoms with E-state index >= 15 is 0 Å². The fourth-order valence-electron chi connectivity index (χ4n) is 2.55. The summed E-state index contributed by atoms with van der Waals surface area (Å²) in [6, 6.07) is 14.3. The van der Waals surface area contributed by atoms with Gasteiger partial charge in [-0.3, -0.25) is 10.1 Å². The summed E-state index contributed by atoms with van der Waals surface area (Å²) in [4.78, 5) is 17.0. The quantitative estimate of drug-likeness (QED) is 0.234. The minimum absolute atomic E-state index is 0.0720. The minimum Gasteiger partial charge on any atom is -0.497 e. The van der Waals surface area contributed by atoms with E-state index in [0.29, 0.717) is 26.2 Å². The maximum atomic E-state index is 10.8. The molecule has 2 aromatic rings. The second-order valence-electron chi connectivity index (χ2n) is 6.19. The van der Waals surface area contributed by atoms with Crippen LogP contribution in [0.3, 0.4) is 0 Å². The van der Waals surface area contributed by atoms with Gasteiger partial charge >= 0.3 is 0 Å². The number of nitro benzene ring substituents is 1. The molecule has 0 aromatic heterocycles. The number of hydrogen-bond donors (Lipinski definition) is 1. The summed E-state index contributed by atoms with van der Waals surface area (Å²) in [7, 11) is 5.25. The van der Waals surface area contributed by atoms with Gasteiger partial charge in [0, 0.05) is 39.4 Å². The number of non-ortho nitro benzene ring substituents is 1. The summed E-state index contributed by atoms with van der Waals surface area (Å²) in [5.74, 6) is 1.54. The van der Waals surface area contributed by atoms with E-state index in [0.717, 1.165) is 22.8 Å². The third-order valence-corrected chi connectivity index (χ3v) is 4.09. The van der Waals surface area contributed by atoms with Gasteiger partial charge in [-0.05, 0) is 23.3 Å². The maximum absolute atomic E-state index is 10.8. The lowest BCUT2D eigenvalue weighted by molar-refractivity contribution is -0.384. The Labute approximate surface area is 164 Å². The van der Waals surface area contributed by atoms with Gasteiger partial charge in [0.2, 0.25) is 0 Å². The average molecular weight is 386 g/mol. The molecule has 0 saturated heterocycles. The van der Waals surface area contributed by atoms with Crippen molar-refractivity contribution >= 4 is 11.6 Å². The molecule has 0 unspecified atom stereocenters. The molecule has 0 heterocycles. The van der Waals surface area contributed by atoms with Gasteiger partial charge < -0.3 is 19.7 Å². The highest BCUT2D eigenvalue weighted by Gasteiger charge is 2.08. The van der Waals surface area contributed by atoms with Gasteiger partial charge in [-0.25, -0.2) is 4.99 Å². The van der Waals surface area contributed by atoms with E-state index in [9.17, 15) is 10.1 Å². The molecule has 1 N–H and O–H groups in total. The topological polar surface area (TPSA) is 89.2 Å². The molecule has 8 nitrogen and oxygen atoms in total. The molecule has 0 aliphatic carbocycles. The monoisotopic (exact) mass is 386 g/mol. The fourth-order valence-corrected chi connectivity index (χ4v) is 2.55. The Kier molecular flexibility index (Phi) is 8.23. The standard InChI is InChI=1S/C20H26N4O4/c1-23(15-17-6-10-19(28-3)11-7-17)20(21-12-13-27-2)22-14-16-4-8-18(9-5-16)24(25)26/h4-11H,12-15H2,1-3H3,(H,21,22). The molecule has 28 heavy (non-hydrogen) atoms. The number of nitro groups is 1. The van der Waals surface area contributed by atoms with Crippen LogP contribution in [0.5, 0.6) is 5.75 Å². The number of methoxy groups -OCH3 is 2. The van der Waals surface area contributed by atoms with Crippen LogP contribution in [0.25, 0.3) is 0 Å². The zero-order valence-corrected chi connectivity index (χ0v) is 16.4. The molecule has 0 amide bonds. The summed E-state index contributed by atoms with van der Waals surface area (Å²) in [6.45, 7) is 2.28. The lowest BCUT2D eigenvalue weighted by Crippen LogP contribution is -2.40. The van der Waals surface area contributed by atoms with Crippen molar-refractivity contribution in [2.45, 2.75) is 13.1 Å². The second-order valence-corrected chi connectivity index (χ2v) is 6.19. The largest absolute Gasteiger partial charge is 0.497 e. The first-order valence-corrected chi connectivity index (χ1v) is 8.88. The Bertz CT molecular complexity index is 776. The molecule has 0 fully saturated rings. The highest BCUT2D eigenvalue weighted by atomic mass is 16.6. The van der Waals surface area contributed by atoms with Crippen LogP contribution >= 0.6 is 0 Å². The van der Waals surface area contributed by atoms with Crippen molar-refractivity contribution < 1.29 is 14.4 Å². The number of rotatable bonds is 9. The van der Waals surface area contributed by atoms with Gasteiger partial charge in [0.05, 0.1) is 25.2 Å². The van der Waals surface area contributed by atoms with E-state index in [1.165, 1.54) is 12.1 Å². The van der Waals surface area contributed by atoms with Crippen molar-refractivity contribution in [1.82, 2.24) is 10.2 Å². The summed E-state index contributed by atoms with van der Waals surface area (Å²) < 4.78 is 10.3. The molecule has 2 aromatic carbocycles. The van der Waals surface area contributed by atoms with E-state index in [4.69, 9.17) is 9.47 Å². The molecular weight excluding hydrogens is 360 g/mol. The number of guanidine groups is 1. The minimum atomic E-state index is -0.409. The van der Waals surface area contributed by atoms with E-state index in [1.807, 2.05) is 36.2 Å². The maximum Gasteiger partial charge on any atom is 0.269 e. The van der Waals surface area contributed by atoms with E-state index in [2.05, 4.69) is 10.3 Å². The normalized spacial score (nSPS) is 11.2. The molecule has 0 bridgehead atoms. The lowest BCUT2D eigenvalue weighted by Gasteiger charge is -2.22. The highest BCUT2D eigenvalue weighted by Crippen LogP contribution is 2.14. The highest BCUT2D eigenvalue weighted by molar-refractivity contribution is 5.79. The molecule has 2 rings (SSSR count). The van der Waals surface area contributed by atoms with Gasteiger partial charge in [0.15, 0.2) is 5.96 Å². The third kappa shape index (κ3) is 6.55. The van der Waals surface area contributed by atoms with Crippen molar-refractivity contribution in [3.8, 4) is 5.75 Å². The van der Waals surface area contributed by atoms with Crippen molar-refractivity contribution in [3.63, 3.8) is 0 Å². The van der Waals surface area contributed by atoms with Crippen LogP contribution in [0.2, 0.25) is 0 Å². The molecular formula is C20H26N4O4. The Balaban J connectivity index is 2.07. The second kappa shape index (κ2) is 10.9. The van der Waals surface area contributed by atoms with Crippen molar-refractivity contribution in [1.29, 1.82) is 0 Å². The lowest BCUT2D eigenvalue weighted by atomic mass is 10.2. The molecule has 0 aliphatic rings. The Hall–Kier alpha value is -3.13. The number of hydrogen-bond acceptors (Lipinski definition) is 5. The number of nitrogens with zero attached hydrogens (tertiary/aromatic N) is 3. The zero-order valence-electron chi connectivity index (χ0n) is 16.4. The Morgan fingerprint density at radius 3 is 2.32 bits per heavy atom. The first-order valence-electron chi connectivity index (χ1n) is 8.88. The summed E-state index contributed by atoms with van der Waals surface area (Å²) in [5, 5.41) is 14.1. The van der Waals surface area contributed by atoms with E-state index < -0.39 is 4.92 Å². The number of ether oxygens (including phenoxy) is 2. The number of aliphatic imine (C=N–C) groups is 1. The van der Waals surface area contributed by atoms with Crippen LogP contribution in [-0.2, 0) is 17.8 Å². The van der Waals surface area contributed by atoms with E-state index in [1.54, 1.807) is 26.4 Å². The SMILES string of the molecule is COCCNC(=NCc1ccc([N+](=O)[O-])cc1)N(C)Cc1ccc(OC)cc1. The van der Waals surface area contributed by atoms with Gasteiger partial charge in [-0.15, -0.1) is 0 Å². The predicted octanol–water partition coefficient (Wildman–Crippen LogP) is 2.83. The molecule has 0 spiro atoms. The van der Waals surface area contributed by atoms with Crippen LogP contribution in [0, 0.1) is 10.1 Å². The summed E-state index contributed by atoms with van der Waals surface area (Å²) in [5.41, 5.74) is 2.09. The average Bonchev–Trinajstić information content (AvgIpc) is 2.71. The summed E-state index contributed by atoms with van der Waals surface area (Å²) >= 11 is 0. The van der Waals surface area contributed by atoms with Gasteiger partial charge in [-0.2, -0.15) is 0 Å². The molecule has 0 saturated carbocycles. The Morgan fingerprint density at radius 2 is 1.75 bits per heavy atom. The van der Waals surface area contributed by atoms with Crippen LogP contribution in [-0.4, -0.2) is 50.2 Å². The Morgan fingerprint density at radius 1 is 1.11 bits per heavy atom. The van der Waals surface area contributed by atoms with Crippen LogP contribution in [0.1, 0.15) is 11.1 Å². The predicted molar refractivity (Wildman–Crippen MR) is 109 cm³/mol. The number of benzene rings is 2. The van der Waals surface area contributed by atoms with Crippen molar-refractivity contribution in [2.75, 3.05) is 34.4 Å². The fraction of sp³-hybridized carbons (Fsp3) is 0.350. The number of nitrogens with one attached hydrogen (secondary N) is 1. The van der Waals surface area contributed by atoms with Gasteiger partial charge in [0.25, 0.3) is 5.69 Å². The van der Waals surface area contributed by atoms with E-state index in [-0.39, 0.29) is 5.69 Å². The smallest absolute Gasteiger partial charge is 0.269 e. The third-order valence-electron chi connectivity index (χ3n) is 4.09. The molecule has 8 heteroatoms. The molecule has 0 radical (unpaired) electrons. The molecule has 0 aliphatic heterocycles. The first-order chi connectivity index (χ1) is 13.5. The van der Waals surface area contributed by atoms with Crippen LogP contribution in [0.15, 0.2) is 53.5 Å². The molecule has 0 atom stereocenters. The van der Waals surface area contributed by atoms with Gasteiger partial charge in [-0.1, -0.05) is 24.3 Å². The van der Waals surface area contributed by atoms with Crippen LogP contribution in [0.4, 0.5) is 5.69 Å². The van der Waals surface area contributed by atoms with Gasteiger partial charge in [0.1, 0.15) is 5.75 Å². The zero-order chi connectivity index (χ0) is 20.4. The first kappa shape index (κ1) is 21.2. The van der Waals surface area contributed by atoms with Crippen molar-refractivity contribution in [2.24, 2.45) is 4.99 Å².